The smallest absolute Gasteiger partial charge is 0.222 e. The van der Waals surface area contributed by atoms with E-state index in [0.29, 0.717) is 25.9 Å². The van der Waals surface area contributed by atoms with Crippen LogP contribution in [0.4, 0.5) is 0 Å². The van der Waals surface area contributed by atoms with Gasteiger partial charge in [-0.3, -0.25) is 4.79 Å². The largest absolute Gasteiger partial charge is 0.342 e. The number of thiophene rings is 1. The van der Waals surface area contributed by atoms with Gasteiger partial charge in [0.2, 0.25) is 5.91 Å². The van der Waals surface area contributed by atoms with Crippen molar-refractivity contribution in [1.82, 2.24) is 4.90 Å². The normalized spacial score (nSPS) is 22.4. The Kier molecular flexibility index (Phi) is 5.63. The van der Waals surface area contributed by atoms with Crippen LogP contribution in [0.5, 0.6) is 0 Å². The van der Waals surface area contributed by atoms with Gasteiger partial charge in [-0.1, -0.05) is 22.0 Å². The SMILES string of the molecule is O=C(CCCBr)N1CCC(c2cccs2)S(=O)(=O)CC1. The third kappa shape index (κ3) is 3.83. The van der Waals surface area contributed by atoms with Gasteiger partial charge in [0.1, 0.15) is 0 Å². The summed E-state index contributed by atoms with van der Waals surface area (Å²) in [6.07, 6.45) is 1.77. The van der Waals surface area contributed by atoms with Crippen LogP contribution >= 0.6 is 27.3 Å². The number of rotatable bonds is 4. The molecule has 20 heavy (non-hydrogen) atoms. The molecule has 4 nitrogen and oxygen atoms in total. The van der Waals surface area contributed by atoms with Gasteiger partial charge in [0, 0.05) is 29.7 Å². The van der Waals surface area contributed by atoms with Gasteiger partial charge in [0.05, 0.1) is 11.0 Å². The second-order valence-electron chi connectivity index (χ2n) is 4.83. The number of halogens is 1. The van der Waals surface area contributed by atoms with E-state index in [4.69, 9.17) is 0 Å². The van der Waals surface area contributed by atoms with Crippen molar-refractivity contribution in [3.05, 3.63) is 22.4 Å². The van der Waals surface area contributed by atoms with E-state index in [1.165, 1.54) is 11.3 Å². The monoisotopic (exact) mass is 379 g/mol. The molecule has 2 heterocycles. The molecule has 0 saturated carbocycles. The average molecular weight is 380 g/mol. The lowest BCUT2D eigenvalue weighted by atomic mass is 10.2. The molecule has 1 atom stereocenters. The number of amides is 1. The molecule has 0 aliphatic carbocycles. The van der Waals surface area contributed by atoms with E-state index >= 15 is 0 Å². The van der Waals surface area contributed by atoms with Gasteiger partial charge in [0.25, 0.3) is 0 Å². The van der Waals surface area contributed by atoms with Crippen LogP contribution in [-0.4, -0.2) is 43.4 Å². The molecular formula is C13H18BrNO3S2. The van der Waals surface area contributed by atoms with Crippen molar-refractivity contribution in [3.8, 4) is 0 Å². The molecule has 1 saturated heterocycles. The molecule has 1 unspecified atom stereocenters. The molecule has 112 valence electrons. The van der Waals surface area contributed by atoms with E-state index in [9.17, 15) is 13.2 Å². The number of hydrogen-bond acceptors (Lipinski definition) is 4. The molecule has 1 aliphatic heterocycles. The third-order valence-electron chi connectivity index (χ3n) is 3.48. The predicted octanol–water partition coefficient (Wildman–Crippen LogP) is 2.61. The summed E-state index contributed by atoms with van der Waals surface area (Å²) in [6, 6.07) is 3.74. The van der Waals surface area contributed by atoms with Crippen molar-refractivity contribution in [1.29, 1.82) is 0 Å². The van der Waals surface area contributed by atoms with Gasteiger partial charge < -0.3 is 4.90 Å². The predicted molar refractivity (Wildman–Crippen MR) is 85.1 cm³/mol. The van der Waals surface area contributed by atoms with Gasteiger partial charge in [-0.2, -0.15) is 0 Å². The van der Waals surface area contributed by atoms with Crippen molar-refractivity contribution in [3.63, 3.8) is 0 Å². The van der Waals surface area contributed by atoms with E-state index in [-0.39, 0.29) is 11.7 Å². The summed E-state index contributed by atoms with van der Waals surface area (Å²) in [6.45, 7) is 0.855. The number of alkyl halides is 1. The van der Waals surface area contributed by atoms with E-state index in [1.807, 2.05) is 17.5 Å². The molecule has 0 radical (unpaired) electrons. The first-order chi connectivity index (χ1) is 9.54. The Bertz CT molecular complexity index is 542. The summed E-state index contributed by atoms with van der Waals surface area (Å²) in [4.78, 5) is 14.6. The lowest BCUT2D eigenvalue weighted by molar-refractivity contribution is -0.130. The number of nitrogens with zero attached hydrogens (tertiary/aromatic N) is 1. The molecule has 1 amide bonds. The van der Waals surface area contributed by atoms with E-state index in [1.54, 1.807) is 4.90 Å². The van der Waals surface area contributed by atoms with Gasteiger partial charge in [-0.05, 0) is 24.3 Å². The fraction of sp³-hybridized carbons (Fsp3) is 0.615. The maximum absolute atomic E-state index is 12.3. The molecule has 1 aromatic heterocycles. The quantitative estimate of drug-likeness (QED) is 0.755. The molecule has 7 heteroatoms. The standard InChI is InChI=1S/C13H18BrNO3S2/c14-6-1-4-13(16)15-7-5-12(11-3-2-9-19-11)20(17,18)10-8-15/h2-3,9,12H,1,4-8,10H2. The zero-order valence-electron chi connectivity index (χ0n) is 11.1. The summed E-state index contributed by atoms with van der Waals surface area (Å²) >= 11 is 4.78. The highest BCUT2D eigenvalue weighted by molar-refractivity contribution is 9.09. The zero-order valence-corrected chi connectivity index (χ0v) is 14.3. The molecular weight excluding hydrogens is 362 g/mol. The first-order valence-corrected chi connectivity index (χ1v) is 10.3. The number of carbonyl (C=O) groups is 1. The molecule has 0 aromatic carbocycles. The van der Waals surface area contributed by atoms with Crippen molar-refractivity contribution < 1.29 is 13.2 Å². The van der Waals surface area contributed by atoms with Crippen LogP contribution in [0.1, 0.15) is 29.4 Å². The molecule has 1 aromatic rings. The molecule has 1 aliphatic rings. The molecule has 0 bridgehead atoms. The molecule has 1 fully saturated rings. The highest BCUT2D eigenvalue weighted by Gasteiger charge is 2.32. The summed E-state index contributed by atoms with van der Waals surface area (Å²) in [5.74, 6) is 0.127. The van der Waals surface area contributed by atoms with E-state index in [0.717, 1.165) is 16.6 Å². The zero-order chi connectivity index (χ0) is 14.6. The number of carbonyl (C=O) groups excluding carboxylic acids is 1. The van der Waals surface area contributed by atoms with Crippen molar-refractivity contribution in [2.24, 2.45) is 0 Å². The molecule has 0 N–H and O–H groups in total. The van der Waals surface area contributed by atoms with Crippen LogP contribution in [-0.2, 0) is 14.6 Å². The lowest BCUT2D eigenvalue weighted by Crippen LogP contribution is -2.33. The first kappa shape index (κ1) is 16.0. The molecule has 2 rings (SSSR count). The van der Waals surface area contributed by atoms with Crippen molar-refractivity contribution >= 4 is 43.0 Å². The fourth-order valence-corrected chi connectivity index (χ4v) is 5.65. The van der Waals surface area contributed by atoms with Gasteiger partial charge in [0.15, 0.2) is 9.84 Å². The van der Waals surface area contributed by atoms with Gasteiger partial charge >= 0.3 is 0 Å². The van der Waals surface area contributed by atoms with Crippen LogP contribution in [0, 0.1) is 0 Å². The Labute approximate surface area is 132 Å². The summed E-state index contributed by atoms with van der Waals surface area (Å²) in [5.41, 5.74) is 0. The summed E-state index contributed by atoms with van der Waals surface area (Å²) in [5, 5.41) is 2.24. The minimum atomic E-state index is -3.16. The van der Waals surface area contributed by atoms with E-state index in [2.05, 4.69) is 15.9 Å². The topological polar surface area (TPSA) is 54.5 Å². The minimum Gasteiger partial charge on any atom is -0.342 e. The maximum atomic E-state index is 12.3. The van der Waals surface area contributed by atoms with Gasteiger partial charge in [-0.15, -0.1) is 11.3 Å². The van der Waals surface area contributed by atoms with Crippen molar-refractivity contribution in [2.75, 3.05) is 24.2 Å². The van der Waals surface area contributed by atoms with Crippen LogP contribution < -0.4 is 0 Å². The number of hydrogen-bond donors (Lipinski definition) is 0. The Morgan fingerprint density at radius 1 is 1.45 bits per heavy atom. The lowest BCUT2D eigenvalue weighted by Gasteiger charge is -2.19. The van der Waals surface area contributed by atoms with Crippen LogP contribution in [0.25, 0.3) is 0 Å². The second-order valence-corrected chi connectivity index (χ2v) is 8.91. The Morgan fingerprint density at radius 3 is 2.90 bits per heavy atom. The fourth-order valence-electron chi connectivity index (χ4n) is 2.36. The molecule has 0 spiro atoms. The van der Waals surface area contributed by atoms with Gasteiger partial charge in [-0.25, -0.2) is 8.42 Å². The average Bonchev–Trinajstić information content (AvgIpc) is 2.88. The third-order valence-corrected chi connectivity index (χ3v) is 7.28. The van der Waals surface area contributed by atoms with Crippen LogP contribution in [0.15, 0.2) is 17.5 Å². The Balaban J connectivity index is 2.08. The minimum absolute atomic E-state index is 0.0616. The summed E-state index contributed by atoms with van der Waals surface area (Å²) < 4.78 is 24.7. The van der Waals surface area contributed by atoms with E-state index < -0.39 is 15.1 Å². The van der Waals surface area contributed by atoms with Crippen LogP contribution in [0.2, 0.25) is 0 Å². The van der Waals surface area contributed by atoms with Crippen LogP contribution in [0.3, 0.4) is 0 Å². The summed E-state index contributed by atoms with van der Waals surface area (Å²) in [7, 11) is -3.16. The highest BCUT2D eigenvalue weighted by Crippen LogP contribution is 2.32. The Morgan fingerprint density at radius 2 is 2.25 bits per heavy atom. The first-order valence-electron chi connectivity index (χ1n) is 6.63. The maximum Gasteiger partial charge on any atom is 0.222 e. The Hall–Kier alpha value is -0.400. The highest BCUT2D eigenvalue weighted by atomic mass is 79.9. The second kappa shape index (κ2) is 7.04. The van der Waals surface area contributed by atoms with Crippen molar-refractivity contribution in [2.45, 2.75) is 24.5 Å². The number of sulfone groups is 1.